The van der Waals surface area contributed by atoms with Crippen LogP contribution in [-0.4, -0.2) is 50.9 Å². The van der Waals surface area contributed by atoms with Gasteiger partial charge in [-0.2, -0.15) is 4.98 Å². The molecule has 0 saturated carbocycles. The topological polar surface area (TPSA) is 86.3 Å². The van der Waals surface area contributed by atoms with Crippen LogP contribution >= 0.6 is 0 Å². The molecule has 0 spiro atoms. The lowest BCUT2D eigenvalue weighted by Gasteiger charge is -2.31. The van der Waals surface area contributed by atoms with Crippen molar-refractivity contribution >= 4 is 0 Å². The zero-order valence-corrected chi connectivity index (χ0v) is 16.7. The molecule has 0 aromatic carbocycles. The number of hydrogen-bond donors (Lipinski definition) is 0. The Morgan fingerprint density at radius 1 is 1.25 bits per heavy atom. The number of piperidine rings is 1. The van der Waals surface area contributed by atoms with Crippen molar-refractivity contribution in [3.8, 4) is 0 Å². The highest BCUT2D eigenvalue weighted by atomic mass is 16.5. The van der Waals surface area contributed by atoms with Gasteiger partial charge in [0.2, 0.25) is 5.89 Å². The Morgan fingerprint density at radius 2 is 2.07 bits per heavy atom. The molecule has 0 aliphatic carbocycles. The van der Waals surface area contributed by atoms with Crippen LogP contribution in [0.4, 0.5) is 0 Å². The molecular formula is C20H29N5O3. The molecule has 2 fully saturated rings. The summed E-state index contributed by atoms with van der Waals surface area (Å²) in [7, 11) is 0. The van der Waals surface area contributed by atoms with Gasteiger partial charge in [-0.3, -0.25) is 14.3 Å². The van der Waals surface area contributed by atoms with Crippen molar-refractivity contribution in [1.29, 1.82) is 0 Å². The van der Waals surface area contributed by atoms with Crippen LogP contribution in [-0.2, 0) is 17.8 Å². The summed E-state index contributed by atoms with van der Waals surface area (Å²) in [6.45, 7) is 8.97. The lowest BCUT2D eigenvalue weighted by Crippen LogP contribution is -2.36. The van der Waals surface area contributed by atoms with Crippen LogP contribution in [0, 0.1) is 5.92 Å². The Hall–Kier alpha value is -2.06. The van der Waals surface area contributed by atoms with Crippen molar-refractivity contribution in [3.05, 3.63) is 40.2 Å². The maximum absolute atomic E-state index is 12.3. The van der Waals surface area contributed by atoms with Crippen LogP contribution in [0.2, 0.25) is 0 Å². The first-order valence-electron chi connectivity index (χ1n) is 10.3. The van der Waals surface area contributed by atoms with Gasteiger partial charge in [-0.25, -0.2) is 4.98 Å². The van der Waals surface area contributed by atoms with E-state index in [1.165, 1.54) is 0 Å². The number of ether oxygens (including phenoxy) is 1. The predicted octanol–water partition coefficient (Wildman–Crippen LogP) is 2.17. The summed E-state index contributed by atoms with van der Waals surface area (Å²) < 4.78 is 12.6. The van der Waals surface area contributed by atoms with Crippen molar-refractivity contribution in [2.75, 3.05) is 26.3 Å². The van der Waals surface area contributed by atoms with Gasteiger partial charge in [0.05, 0.1) is 31.1 Å². The van der Waals surface area contributed by atoms with Crippen LogP contribution < -0.4 is 5.56 Å². The Labute approximate surface area is 164 Å². The molecule has 4 heterocycles. The van der Waals surface area contributed by atoms with E-state index < -0.39 is 0 Å². The van der Waals surface area contributed by atoms with Crippen LogP contribution in [0.25, 0.3) is 0 Å². The van der Waals surface area contributed by atoms with E-state index in [-0.39, 0.29) is 17.4 Å². The summed E-state index contributed by atoms with van der Waals surface area (Å²) in [5.41, 5.74) is 0.913. The zero-order chi connectivity index (χ0) is 19.5. The van der Waals surface area contributed by atoms with Crippen LogP contribution in [0.15, 0.2) is 21.7 Å². The first-order chi connectivity index (χ1) is 13.6. The molecule has 0 bridgehead atoms. The molecule has 8 heteroatoms. The second-order valence-corrected chi connectivity index (χ2v) is 8.29. The summed E-state index contributed by atoms with van der Waals surface area (Å²) in [6, 6.07) is 1.67. The van der Waals surface area contributed by atoms with Gasteiger partial charge in [0.25, 0.3) is 5.56 Å². The second kappa shape index (κ2) is 8.53. The first kappa shape index (κ1) is 19.3. The van der Waals surface area contributed by atoms with Gasteiger partial charge < -0.3 is 9.26 Å². The van der Waals surface area contributed by atoms with Crippen molar-refractivity contribution in [3.63, 3.8) is 0 Å². The van der Waals surface area contributed by atoms with Crippen molar-refractivity contribution < 1.29 is 9.26 Å². The van der Waals surface area contributed by atoms with Crippen molar-refractivity contribution in [2.45, 2.75) is 58.0 Å². The summed E-state index contributed by atoms with van der Waals surface area (Å²) in [6.07, 6.45) is 4.77. The van der Waals surface area contributed by atoms with Crippen molar-refractivity contribution in [2.24, 2.45) is 5.92 Å². The van der Waals surface area contributed by atoms with E-state index in [0.29, 0.717) is 25.0 Å². The molecule has 2 saturated heterocycles. The van der Waals surface area contributed by atoms with Gasteiger partial charge in [-0.1, -0.05) is 19.0 Å². The highest BCUT2D eigenvalue weighted by molar-refractivity contribution is 5.04. The Kier molecular flexibility index (Phi) is 5.87. The average molecular weight is 387 g/mol. The summed E-state index contributed by atoms with van der Waals surface area (Å²) in [5.74, 6) is 2.49. The SMILES string of the molecule is CC(C)c1cc(=O)n(CC2CCN(Cc3noc(C4CCOC4)n3)CC2)cn1. The van der Waals surface area contributed by atoms with Gasteiger partial charge >= 0.3 is 0 Å². The first-order valence-corrected chi connectivity index (χ1v) is 10.3. The van der Waals surface area contributed by atoms with E-state index in [0.717, 1.165) is 57.0 Å². The molecule has 2 aromatic heterocycles. The summed E-state index contributed by atoms with van der Waals surface area (Å²) in [4.78, 5) is 23.7. The van der Waals surface area contributed by atoms with E-state index in [4.69, 9.17) is 9.26 Å². The molecule has 2 aliphatic heterocycles. The predicted molar refractivity (Wildman–Crippen MR) is 103 cm³/mol. The number of likely N-dealkylation sites (tertiary alicyclic amines) is 1. The maximum atomic E-state index is 12.3. The van der Waals surface area contributed by atoms with Gasteiger partial charge in [0, 0.05) is 19.2 Å². The number of aromatic nitrogens is 4. The minimum Gasteiger partial charge on any atom is -0.381 e. The zero-order valence-electron chi connectivity index (χ0n) is 16.7. The largest absolute Gasteiger partial charge is 0.381 e. The molecular weight excluding hydrogens is 358 g/mol. The minimum atomic E-state index is 0.0522. The molecule has 152 valence electrons. The van der Waals surface area contributed by atoms with Crippen molar-refractivity contribution in [1.82, 2.24) is 24.6 Å². The van der Waals surface area contributed by atoms with Crippen LogP contribution in [0.1, 0.15) is 62.4 Å². The smallest absolute Gasteiger partial charge is 0.253 e. The molecule has 8 nitrogen and oxygen atoms in total. The van der Waals surface area contributed by atoms with E-state index in [9.17, 15) is 4.79 Å². The monoisotopic (exact) mass is 387 g/mol. The molecule has 1 unspecified atom stereocenters. The third-order valence-electron chi connectivity index (χ3n) is 5.78. The fraction of sp³-hybridized carbons (Fsp3) is 0.700. The van der Waals surface area contributed by atoms with Gasteiger partial charge in [-0.05, 0) is 44.2 Å². The van der Waals surface area contributed by atoms with Gasteiger partial charge in [-0.15, -0.1) is 0 Å². The fourth-order valence-electron chi connectivity index (χ4n) is 3.92. The Morgan fingerprint density at radius 3 is 2.75 bits per heavy atom. The second-order valence-electron chi connectivity index (χ2n) is 8.29. The van der Waals surface area contributed by atoms with Gasteiger partial charge in [0.1, 0.15) is 0 Å². The normalized spacial score (nSPS) is 21.6. The lowest BCUT2D eigenvalue weighted by molar-refractivity contribution is 0.161. The van der Waals surface area contributed by atoms with E-state index in [2.05, 4.69) is 33.9 Å². The van der Waals surface area contributed by atoms with Gasteiger partial charge in [0.15, 0.2) is 5.82 Å². The molecule has 2 aliphatic rings. The molecule has 0 amide bonds. The molecule has 0 radical (unpaired) electrons. The molecule has 1 atom stereocenters. The van der Waals surface area contributed by atoms with Crippen LogP contribution in [0.5, 0.6) is 0 Å². The summed E-state index contributed by atoms with van der Waals surface area (Å²) >= 11 is 0. The Bertz CT molecular complexity index is 832. The highest BCUT2D eigenvalue weighted by Crippen LogP contribution is 2.24. The third-order valence-corrected chi connectivity index (χ3v) is 5.78. The quantitative estimate of drug-likeness (QED) is 0.751. The lowest BCUT2D eigenvalue weighted by atomic mass is 9.96. The number of nitrogens with zero attached hydrogens (tertiary/aromatic N) is 5. The molecule has 28 heavy (non-hydrogen) atoms. The standard InChI is InChI=1S/C20H29N5O3/c1-14(2)17-9-19(26)25(13-21-17)10-15-3-6-24(7-4-15)11-18-22-20(28-23-18)16-5-8-27-12-16/h9,13-16H,3-8,10-12H2,1-2H3. The number of hydrogen-bond acceptors (Lipinski definition) is 7. The highest BCUT2D eigenvalue weighted by Gasteiger charge is 2.25. The Balaban J connectivity index is 1.27. The van der Waals surface area contributed by atoms with Crippen LogP contribution in [0.3, 0.4) is 0 Å². The third kappa shape index (κ3) is 4.50. The van der Waals surface area contributed by atoms with E-state index >= 15 is 0 Å². The minimum absolute atomic E-state index is 0.0522. The molecule has 4 rings (SSSR count). The van der Waals surface area contributed by atoms with E-state index in [1.807, 2.05) is 0 Å². The number of rotatable bonds is 6. The maximum Gasteiger partial charge on any atom is 0.253 e. The average Bonchev–Trinajstić information content (AvgIpc) is 3.36. The molecule has 0 N–H and O–H groups in total. The fourth-order valence-corrected chi connectivity index (χ4v) is 3.92. The molecule has 2 aromatic rings. The summed E-state index contributed by atoms with van der Waals surface area (Å²) in [5, 5.41) is 4.14. The van der Waals surface area contributed by atoms with E-state index in [1.54, 1.807) is 17.0 Å².